The predicted octanol–water partition coefficient (Wildman–Crippen LogP) is 4.74. The average molecular weight is 453 g/mol. The van der Waals surface area contributed by atoms with Crippen LogP contribution >= 0.6 is 12.2 Å². The normalized spacial score (nSPS) is 19.7. The fourth-order valence-corrected chi connectivity index (χ4v) is 4.63. The van der Waals surface area contributed by atoms with Gasteiger partial charge in [0.25, 0.3) is 0 Å². The largest absolute Gasteiger partial charge is 0.358 e. The van der Waals surface area contributed by atoms with Crippen molar-refractivity contribution in [2.24, 2.45) is 11.8 Å². The van der Waals surface area contributed by atoms with Gasteiger partial charge in [0.1, 0.15) is 11.6 Å². The van der Waals surface area contributed by atoms with Crippen LogP contribution in [0.25, 0.3) is 0 Å². The fraction of sp³-hybridized carbons (Fsp3) is 0.560. The lowest BCUT2D eigenvalue weighted by Gasteiger charge is -2.34. The standard InChI is InChI=1S/C25H36N6S/c1-18-6-8-21(9-7-18)16-26-25(32)29-24-27-22(30-13-10-19(2)11-14-30)15-23(28-24)31-12-4-5-20(3)17-31/h6-9,15,19-20H,4-5,10-14,16-17H2,1-3H3,(H2,26,27,28,29,32). The maximum Gasteiger partial charge on any atom is 0.232 e. The summed E-state index contributed by atoms with van der Waals surface area (Å²) in [4.78, 5) is 14.5. The highest BCUT2D eigenvalue weighted by Crippen LogP contribution is 2.28. The van der Waals surface area contributed by atoms with Gasteiger partial charge in [-0.1, -0.05) is 43.7 Å². The first-order valence-electron chi connectivity index (χ1n) is 12.0. The summed E-state index contributed by atoms with van der Waals surface area (Å²) in [6.07, 6.45) is 4.91. The number of aryl methyl sites for hydroxylation is 1. The van der Waals surface area contributed by atoms with Gasteiger partial charge in [0.2, 0.25) is 5.95 Å². The number of anilines is 3. The van der Waals surface area contributed by atoms with Crippen LogP contribution in [0.1, 0.15) is 50.7 Å². The van der Waals surface area contributed by atoms with Crippen LogP contribution in [0.15, 0.2) is 30.3 Å². The third-order valence-corrected chi connectivity index (χ3v) is 6.83. The molecule has 0 radical (unpaired) electrons. The Bertz CT molecular complexity index is 907. The van der Waals surface area contributed by atoms with Crippen molar-refractivity contribution < 1.29 is 0 Å². The van der Waals surface area contributed by atoms with E-state index in [4.69, 9.17) is 22.2 Å². The fourth-order valence-electron chi connectivity index (χ4n) is 4.47. The van der Waals surface area contributed by atoms with Gasteiger partial charge >= 0.3 is 0 Å². The van der Waals surface area contributed by atoms with E-state index in [0.717, 1.165) is 43.7 Å². The topological polar surface area (TPSA) is 56.3 Å². The highest BCUT2D eigenvalue weighted by molar-refractivity contribution is 7.80. The van der Waals surface area contributed by atoms with Gasteiger partial charge in [0.05, 0.1) is 0 Å². The van der Waals surface area contributed by atoms with E-state index in [1.54, 1.807) is 0 Å². The number of aromatic nitrogens is 2. The summed E-state index contributed by atoms with van der Waals surface area (Å²) >= 11 is 5.57. The lowest BCUT2D eigenvalue weighted by atomic mass is 9.99. The maximum absolute atomic E-state index is 5.57. The molecule has 6 nitrogen and oxygen atoms in total. The molecule has 1 aromatic carbocycles. The summed E-state index contributed by atoms with van der Waals surface area (Å²) in [6, 6.07) is 10.6. The van der Waals surface area contributed by atoms with Gasteiger partial charge in [-0.15, -0.1) is 0 Å². The van der Waals surface area contributed by atoms with Crippen LogP contribution in [0.5, 0.6) is 0 Å². The molecular formula is C25H36N6S. The molecule has 1 unspecified atom stereocenters. The van der Waals surface area contributed by atoms with E-state index in [1.807, 2.05) is 0 Å². The van der Waals surface area contributed by atoms with E-state index in [9.17, 15) is 0 Å². The highest BCUT2D eigenvalue weighted by atomic mass is 32.1. The number of hydrogen-bond acceptors (Lipinski definition) is 5. The van der Waals surface area contributed by atoms with E-state index in [-0.39, 0.29) is 0 Å². The molecule has 2 aliphatic heterocycles. The molecule has 2 N–H and O–H groups in total. The molecule has 7 heteroatoms. The zero-order valence-corrected chi connectivity index (χ0v) is 20.4. The SMILES string of the molecule is Cc1ccc(CNC(=S)Nc2nc(N3CCC(C)CC3)cc(N3CCCC(C)C3)n2)cc1. The first kappa shape index (κ1) is 22.8. The summed E-state index contributed by atoms with van der Waals surface area (Å²) in [6.45, 7) is 11.6. The molecule has 1 atom stereocenters. The summed E-state index contributed by atoms with van der Waals surface area (Å²) in [5.41, 5.74) is 2.45. The van der Waals surface area contributed by atoms with Gasteiger partial charge in [0, 0.05) is 38.8 Å². The molecule has 3 heterocycles. The predicted molar refractivity (Wildman–Crippen MR) is 137 cm³/mol. The van der Waals surface area contributed by atoms with Crippen LogP contribution in [0.2, 0.25) is 0 Å². The Labute approximate surface area is 197 Å². The van der Waals surface area contributed by atoms with Crippen LogP contribution in [0.3, 0.4) is 0 Å². The molecular weight excluding hydrogens is 416 g/mol. The van der Waals surface area contributed by atoms with E-state index in [1.165, 1.54) is 36.8 Å². The molecule has 172 valence electrons. The second-order valence-corrected chi connectivity index (χ2v) is 9.97. The van der Waals surface area contributed by atoms with Crippen molar-refractivity contribution in [1.82, 2.24) is 15.3 Å². The Balaban J connectivity index is 1.48. The summed E-state index contributed by atoms with van der Waals surface area (Å²) in [7, 11) is 0. The minimum atomic E-state index is 0.549. The van der Waals surface area contributed by atoms with Crippen LogP contribution < -0.4 is 20.4 Å². The number of piperidine rings is 2. The summed E-state index contributed by atoms with van der Waals surface area (Å²) in [5, 5.41) is 7.09. The molecule has 0 spiro atoms. The molecule has 0 saturated carbocycles. The van der Waals surface area contributed by atoms with Crippen LogP contribution in [-0.4, -0.2) is 41.3 Å². The average Bonchev–Trinajstić information content (AvgIpc) is 2.79. The Morgan fingerprint density at radius 2 is 1.66 bits per heavy atom. The second-order valence-electron chi connectivity index (χ2n) is 9.56. The summed E-state index contributed by atoms with van der Waals surface area (Å²) < 4.78 is 0. The van der Waals surface area contributed by atoms with Gasteiger partial charge in [-0.3, -0.25) is 0 Å². The van der Waals surface area contributed by atoms with E-state index >= 15 is 0 Å². The first-order chi connectivity index (χ1) is 15.5. The van der Waals surface area contributed by atoms with Gasteiger partial charge in [0.15, 0.2) is 5.11 Å². The van der Waals surface area contributed by atoms with Crippen molar-refractivity contribution >= 4 is 34.9 Å². The lowest BCUT2D eigenvalue weighted by molar-refractivity contribution is 0.435. The molecule has 1 aromatic heterocycles. The Morgan fingerprint density at radius 3 is 2.34 bits per heavy atom. The lowest BCUT2D eigenvalue weighted by Crippen LogP contribution is -2.37. The zero-order valence-electron chi connectivity index (χ0n) is 19.6. The van der Waals surface area contributed by atoms with Crippen LogP contribution in [0, 0.1) is 18.8 Å². The quantitative estimate of drug-likeness (QED) is 0.635. The molecule has 0 aliphatic carbocycles. The Kier molecular flexibility index (Phi) is 7.45. The molecule has 4 rings (SSSR count). The third kappa shape index (κ3) is 6.09. The number of thiocarbonyl (C=S) groups is 1. The molecule has 2 aromatic rings. The van der Waals surface area contributed by atoms with Crippen molar-refractivity contribution in [3.8, 4) is 0 Å². The zero-order chi connectivity index (χ0) is 22.5. The number of benzene rings is 1. The second kappa shape index (κ2) is 10.5. The number of nitrogens with zero attached hydrogens (tertiary/aromatic N) is 4. The molecule has 2 fully saturated rings. The minimum absolute atomic E-state index is 0.549. The van der Waals surface area contributed by atoms with Crippen molar-refractivity contribution in [2.45, 2.75) is 53.0 Å². The first-order valence-corrected chi connectivity index (χ1v) is 12.4. The van der Waals surface area contributed by atoms with Gasteiger partial charge in [-0.2, -0.15) is 9.97 Å². The maximum atomic E-state index is 5.57. The van der Waals surface area contributed by atoms with Crippen molar-refractivity contribution in [3.05, 3.63) is 41.5 Å². The van der Waals surface area contributed by atoms with Gasteiger partial charge < -0.3 is 20.4 Å². The molecule has 2 saturated heterocycles. The molecule has 2 aliphatic rings. The monoisotopic (exact) mass is 452 g/mol. The van der Waals surface area contributed by atoms with Crippen molar-refractivity contribution in [3.63, 3.8) is 0 Å². The highest BCUT2D eigenvalue weighted by Gasteiger charge is 2.22. The number of rotatable bonds is 5. The Morgan fingerprint density at radius 1 is 0.969 bits per heavy atom. The van der Waals surface area contributed by atoms with Crippen LogP contribution in [0.4, 0.5) is 17.6 Å². The van der Waals surface area contributed by atoms with Gasteiger partial charge in [-0.25, -0.2) is 0 Å². The molecule has 0 amide bonds. The minimum Gasteiger partial charge on any atom is -0.358 e. The number of nitrogens with one attached hydrogen (secondary N) is 2. The van der Waals surface area contributed by atoms with Crippen LogP contribution in [-0.2, 0) is 6.54 Å². The van der Waals surface area contributed by atoms with Crippen molar-refractivity contribution in [1.29, 1.82) is 0 Å². The van der Waals surface area contributed by atoms with Gasteiger partial charge in [-0.05, 0) is 62.2 Å². The van der Waals surface area contributed by atoms with E-state index < -0.39 is 0 Å². The van der Waals surface area contributed by atoms with E-state index in [0.29, 0.717) is 23.5 Å². The van der Waals surface area contributed by atoms with Crippen molar-refractivity contribution in [2.75, 3.05) is 41.3 Å². The Hall–Kier alpha value is -2.41. The number of hydrogen-bond donors (Lipinski definition) is 2. The summed E-state index contributed by atoms with van der Waals surface area (Å²) in [5.74, 6) is 4.06. The van der Waals surface area contributed by atoms with E-state index in [2.05, 4.69) is 71.5 Å². The molecule has 32 heavy (non-hydrogen) atoms. The smallest absolute Gasteiger partial charge is 0.232 e. The molecule has 0 bridgehead atoms. The third-order valence-electron chi connectivity index (χ3n) is 6.59.